The Morgan fingerprint density at radius 2 is 2.08 bits per heavy atom. The summed E-state index contributed by atoms with van der Waals surface area (Å²) in [5.74, 6) is 1.76. The first-order chi connectivity index (χ1) is 12.3. The van der Waals surface area contributed by atoms with Gasteiger partial charge in [0, 0.05) is 38.3 Å². The lowest BCUT2D eigenvalue weighted by molar-refractivity contribution is 0.254. The van der Waals surface area contributed by atoms with Crippen LogP contribution < -0.4 is 5.32 Å². The number of H-pyrrole nitrogens is 1. The van der Waals surface area contributed by atoms with Gasteiger partial charge in [0.05, 0.1) is 6.20 Å². The van der Waals surface area contributed by atoms with Gasteiger partial charge in [-0.15, -0.1) is 0 Å². The van der Waals surface area contributed by atoms with E-state index in [2.05, 4.69) is 44.7 Å². The van der Waals surface area contributed by atoms with E-state index in [0.29, 0.717) is 0 Å². The van der Waals surface area contributed by atoms with Gasteiger partial charge >= 0.3 is 0 Å². The second-order valence-electron chi connectivity index (χ2n) is 6.65. The van der Waals surface area contributed by atoms with E-state index >= 15 is 0 Å². The van der Waals surface area contributed by atoms with E-state index in [9.17, 15) is 0 Å². The molecule has 130 valence electrons. The highest BCUT2D eigenvalue weighted by molar-refractivity contribution is 5.56. The molecule has 0 atom stereocenters. The molecule has 0 radical (unpaired) electrons. The summed E-state index contributed by atoms with van der Waals surface area (Å²) >= 11 is 0. The van der Waals surface area contributed by atoms with Crippen LogP contribution in [-0.2, 0) is 19.5 Å². The minimum Gasteiger partial charge on any atom is -0.460 e. The summed E-state index contributed by atoms with van der Waals surface area (Å²) in [6.45, 7) is 6.96. The quantitative estimate of drug-likeness (QED) is 0.679. The Morgan fingerprint density at radius 1 is 1.20 bits per heavy atom. The monoisotopic (exact) mass is 336 g/mol. The summed E-state index contributed by atoms with van der Waals surface area (Å²) < 4.78 is 5.70. The minimum atomic E-state index is 0.788. The molecule has 4 rings (SSSR count). The lowest BCUT2D eigenvalue weighted by atomic mass is 10.00. The molecule has 1 aliphatic rings. The van der Waals surface area contributed by atoms with Gasteiger partial charge in [-0.3, -0.25) is 10.00 Å². The Labute approximate surface area is 148 Å². The molecule has 0 aliphatic carbocycles. The van der Waals surface area contributed by atoms with Gasteiger partial charge in [-0.05, 0) is 36.6 Å². The average molecular weight is 336 g/mol. The third-order valence-electron chi connectivity index (χ3n) is 4.83. The molecule has 1 aromatic carbocycles. The third kappa shape index (κ3) is 3.67. The van der Waals surface area contributed by atoms with Crippen LogP contribution in [0.3, 0.4) is 0 Å². The van der Waals surface area contributed by atoms with Gasteiger partial charge in [0.25, 0.3) is 0 Å². The van der Waals surface area contributed by atoms with Crippen LogP contribution in [0, 0.1) is 6.92 Å². The summed E-state index contributed by atoms with van der Waals surface area (Å²) in [7, 11) is 0. The molecule has 2 aromatic heterocycles. The van der Waals surface area contributed by atoms with Crippen molar-refractivity contribution in [3.8, 4) is 11.5 Å². The number of fused-ring (bicyclic) bond motifs is 1. The van der Waals surface area contributed by atoms with E-state index in [-0.39, 0.29) is 0 Å². The predicted octanol–water partition coefficient (Wildman–Crippen LogP) is 3.13. The molecule has 3 heterocycles. The lowest BCUT2D eigenvalue weighted by Gasteiger charge is -2.28. The van der Waals surface area contributed by atoms with Crippen LogP contribution in [0.4, 0.5) is 0 Å². The third-order valence-corrected chi connectivity index (χ3v) is 4.83. The molecular weight excluding hydrogens is 312 g/mol. The highest BCUT2D eigenvalue weighted by Crippen LogP contribution is 2.23. The van der Waals surface area contributed by atoms with Crippen LogP contribution in [-0.4, -0.2) is 34.7 Å². The molecule has 5 heteroatoms. The summed E-state index contributed by atoms with van der Waals surface area (Å²) in [6, 6.07) is 12.7. The zero-order chi connectivity index (χ0) is 17.1. The fourth-order valence-corrected chi connectivity index (χ4v) is 3.43. The average Bonchev–Trinajstić information content (AvgIpc) is 3.27. The first-order valence-electron chi connectivity index (χ1n) is 8.88. The SMILES string of the molecule is Cc1ccc(-c2[nH]ncc2CNCCN2CCc3ccccc3C2)o1. The number of rotatable bonds is 6. The van der Waals surface area contributed by atoms with Gasteiger partial charge in [0.15, 0.2) is 5.76 Å². The van der Waals surface area contributed by atoms with Gasteiger partial charge in [-0.25, -0.2) is 0 Å². The first-order valence-corrected chi connectivity index (χ1v) is 8.88. The summed E-state index contributed by atoms with van der Waals surface area (Å²) in [6.07, 6.45) is 3.03. The summed E-state index contributed by atoms with van der Waals surface area (Å²) in [4.78, 5) is 2.52. The van der Waals surface area contributed by atoms with E-state index in [0.717, 1.165) is 61.9 Å². The van der Waals surface area contributed by atoms with Gasteiger partial charge in [-0.2, -0.15) is 5.10 Å². The molecule has 2 N–H and O–H groups in total. The maximum Gasteiger partial charge on any atom is 0.152 e. The standard InChI is InChI=1S/C20H24N4O/c1-15-6-7-19(25-15)20-18(13-22-23-20)12-21-9-11-24-10-8-16-4-2-3-5-17(16)14-24/h2-7,13,21H,8-12,14H2,1H3,(H,22,23). The Balaban J connectivity index is 1.28. The van der Waals surface area contributed by atoms with Crippen LogP contribution in [0.2, 0.25) is 0 Å². The van der Waals surface area contributed by atoms with E-state index in [1.807, 2.05) is 25.3 Å². The second kappa shape index (κ2) is 7.25. The number of nitrogens with zero attached hydrogens (tertiary/aromatic N) is 2. The molecule has 0 amide bonds. The van der Waals surface area contributed by atoms with E-state index < -0.39 is 0 Å². The smallest absolute Gasteiger partial charge is 0.152 e. The van der Waals surface area contributed by atoms with Crippen molar-refractivity contribution in [1.82, 2.24) is 20.4 Å². The maximum atomic E-state index is 5.70. The molecule has 0 saturated carbocycles. The number of benzene rings is 1. The van der Waals surface area contributed by atoms with Crippen LogP contribution in [0.15, 0.2) is 47.0 Å². The van der Waals surface area contributed by atoms with Crippen LogP contribution in [0.25, 0.3) is 11.5 Å². The Bertz CT molecular complexity index is 836. The molecule has 0 saturated heterocycles. The molecule has 0 bridgehead atoms. The molecule has 3 aromatic rings. The number of hydrogen-bond acceptors (Lipinski definition) is 4. The fourth-order valence-electron chi connectivity index (χ4n) is 3.43. The van der Waals surface area contributed by atoms with Crippen molar-refractivity contribution in [1.29, 1.82) is 0 Å². The first kappa shape index (κ1) is 16.1. The van der Waals surface area contributed by atoms with Crippen molar-refractivity contribution in [2.24, 2.45) is 0 Å². The largest absolute Gasteiger partial charge is 0.460 e. The summed E-state index contributed by atoms with van der Waals surface area (Å²) in [5, 5.41) is 10.7. The van der Waals surface area contributed by atoms with Crippen molar-refractivity contribution in [2.75, 3.05) is 19.6 Å². The molecule has 1 aliphatic heterocycles. The summed E-state index contributed by atoms with van der Waals surface area (Å²) in [5.41, 5.74) is 5.08. The van der Waals surface area contributed by atoms with E-state index in [1.54, 1.807) is 0 Å². The zero-order valence-corrected chi connectivity index (χ0v) is 14.6. The van der Waals surface area contributed by atoms with Crippen molar-refractivity contribution in [3.05, 3.63) is 65.0 Å². The molecule has 5 nitrogen and oxygen atoms in total. The number of aromatic amines is 1. The van der Waals surface area contributed by atoms with Gasteiger partial charge in [-0.1, -0.05) is 24.3 Å². The van der Waals surface area contributed by atoms with Crippen molar-refractivity contribution in [2.45, 2.75) is 26.4 Å². The zero-order valence-electron chi connectivity index (χ0n) is 14.6. The predicted molar refractivity (Wildman–Crippen MR) is 98.2 cm³/mol. The Morgan fingerprint density at radius 3 is 2.92 bits per heavy atom. The molecule has 25 heavy (non-hydrogen) atoms. The molecule has 0 unspecified atom stereocenters. The van der Waals surface area contributed by atoms with Gasteiger partial charge in [0.1, 0.15) is 11.5 Å². The van der Waals surface area contributed by atoms with Gasteiger partial charge in [0.2, 0.25) is 0 Å². The number of aryl methyl sites for hydroxylation is 1. The number of aromatic nitrogens is 2. The number of furan rings is 1. The number of hydrogen-bond donors (Lipinski definition) is 2. The lowest BCUT2D eigenvalue weighted by Crippen LogP contribution is -2.35. The van der Waals surface area contributed by atoms with E-state index in [1.165, 1.54) is 11.1 Å². The van der Waals surface area contributed by atoms with Crippen molar-refractivity contribution < 1.29 is 4.42 Å². The van der Waals surface area contributed by atoms with Crippen LogP contribution >= 0.6 is 0 Å². The second-order valence-corrected chi connectivity index (χ2v) is 6.65. The van der Waals surface area contributed by atoms with Crippen LogP contribution in [0.5, 0.6) is 0 Å². The Hall–Kier alpha value is -2.37. The fraction of sp³-hybridized carbons (Fsp3) is 0.350. The highest BCUT2D eigenvalue weighted by Gasteiger charge is 2.15. The van der Waals surface area contributed by atoms with Crippen LogP contribution in [0.1, 0.15) is 22.5 Å². The minimum absolute atomic E-state index is 0.788. The molecule has 0 fully saturated rings. The molecular formula is C20H24N4O. The maximum absolute atomic E-state index is 5.70. The van der Waals surface area contributed by atoms with E-state index in [4.69, 9.17) is 4.42 Å². The normalized spacial score (nSPS) is 14.6. The highest BCUT2D eigenvalue weighted by atomic mass is 16.3. The topological polar surface area (TPSA) is 57.1 Å². The van der Waals surface area contributed by atoms with Crippen molar-refractivity contribution in [3.63, 3.8) is 0 Å². The molecule has 0 spiro atoms. The Kier molecular flexibility index (Phi) is 4.68. The van der Waals surface area contributed by atoms with Gasteiger partial charge < -0.3 is 9.73 Å². The van der Waals surface area contributed by atoms with Crippen molar-refractivity contribution >= 4 is 0 Å². The number of nitrogens with one attached hydrogen (secondary N) is 2.